The molecule has 0 unspecified atom stereocenters. The maximum atomic E-state index is 5.66. The molecule has 0 saturated carbocycles. The molecule has 2 N–H and O–H groups in total. The number of para-hydroxylation sites is 1. The lowest BCUT2D eigenvalue weighted by atomic mass is 10.2. The van der Waals surface area contributed by atoms with Gasteiger partial charge in [0.15, 0.2) is 11.5 Å². The minimum atomic E-state index is 0.414. The van der Waals surface area contributed by atoms with Crippen LogP contribution >= 0.6 is 0 Å². The summed E-state index contributed by atoms with van der Waals surface area (Å²) < 4.78 is 21.1. The molecule has 0 aliphatic heterocycles. The molecule has 1 rings (SSSR count). The van der Waals surface area contributed by atoms with Crippen LogP contribution in [-0.2, 0) is 16.0 Å². The molecule has 0 heterocycles. The van der Waals surface area contributed by atoms with Crippen LogP contribution in [0.25, 0.3) is 0 Å². The minimum absolute atomic E-state index is 0.414. The second-order valence-corrected chi connectivity index (χ2v) is 3.61. The predicted molar refractivity (Wildman–Crippen MR) is 69.1 cm³/mol. The van der Waals surface area contributed by atoms with Gasteiger partial charge in [0.25, 0.3) is 0 Å². The summed E-state index contributed by atoms with van der Waals surface area (Å²) in [4.78, 5) is 0. The van der Waals surface area contributed by atoms with E-state index in [9.17, 15) is 0 Å². The quantitative estimate of drug-likeness (QED) is 0.672. The van der Waals surface area contributed by atoms with Crippen LogP contribution in [0.5, 0.6) is 11.5 Å². The van der Waals surface area contributed by atoms with E-state index in [1.807, 2.05) is 18.2 Å². The second kappa shape index (κ2) is 8.74. The maximum Gasteiger partial charge on any atom is 0.165 e. The van der Waals surface area contributed by atoms with Gasteiger partial charge >= 0.3 is 0 Å². The van der Waals surface area contributed by atoms with Crippen molar-refractivity contribution >= 4 is 0 Å². The Bertz CT molecular complexity index is 322. The maximum absolute atomic E-state index is 5.66. The van der Waals surface area contributed by atoms with Gasteiger partial charge in [0.2, 0.25) is 0 Å². The molecule has 0 aliphatic rings. The molecular weight excluding hydrogens is 234 g/mol. The lowest BCUT2D eigenvalue weighted by Crippen LogP contribution is -2.12. The van der Waals surface area contributed by atoms with E-state index in [-0.39, 0.29) is 0 Å². The monoisotopic (exact) mass is 255 g/mol. The molecule has 0 aromatic heterocycles. The number of hydrogen-bond acceptors (Lipinski definition) is 5. The van der Waals surface area contributed by atoms with Crippen LogP contribution in [0.2, 0.25) is 0 Å². The van der Waals surface area contributed by atoms with Gasteiger partial charge in [-0.25, -0.2) is 0 Å². The van der Waals surface area contributed by atoms with Crippen molar-refractivity contribution in [1.82, 2.24) is 0 Å². The van der Waals surface area contributed by atoms with Crippen LogP contribution in [0.15, 0.2) is 18.2 Å². The Morgan fingerprint density at radius 3 is 2.50 bits per heavy atom. The Labute approximate surface area is 108 Å². The van der Waals surface area contributed by atoms with Crippen LogP contribution in [-0.4, -0.2) is 40.6 Å². The largest absolute Gasteiger partial charge is 0.493 e. The summed E-state index contributed by atoms with van der Waals surface area (Å²) in [5.74, 6) is 1.38. The van der Waals surface area contributed by atoms with E-state index in [4.69, 9.17) is 24.7 Å². The van der Waals surface area contributed by atoms with Crippen molar-refractivity contribution in [2.45, 2.75) is 6.54 Å². The van der Waals surface area contributed by atoms with Gasteiger partial charge < -0.3 is 24.7 Å². The van der Waals surface area contributed by atoms with E-state index in [1.54, 1.807) is 14.2 Å². The summed E-state index contributed by atoms with van der Waals surface area (Å²) in [6.07, 6.45) is 0. The molecule has 0 bridgehead atoms. The first-order chi connectivity index (χ1) is 8.83. The topological polar surface area (TPSA) is 62.9 Å². The van der Waals surface area contributed by atoms with Crippen molar-refractivity contribution in [3.8, 4) is 11.5 Å². The summed E-state index contributed by atoms with van der Waals surface area (Å²) in [6, 6.07) is 5.66. The molecule has 1 aromatic carbocycles. The van der Waals surface area contributed by atoms with Gasteiger partial charge in [-0.1, -0.05) is 12.1 Å². The highest BCUT2D eigenvalue weighted by Crippen LogP contribution is 2.30. The van der Waals surface area contributed by atoms with Crippen LogP contribution in [0.3, 0.4) is 0 Å². The number of methoxy groups -OCH3 is 2. The van der Waals surface area contributed by atoms with Crippen LogP contribution in [0.1, 0.15) is 5.56 Å². The molecule has 1 aromatic rings. The smallest absolute Gasteiger partial charge is 0.165 e. The van der Waals surface area contributed by atoms with Crippen molar-refractivity contribution in [2.24, 2.45) is 5.73 Å². The molecule has 0 spiro atoms. The highest BCUT2D eigenvalue weighted by atomic mass is 16.5. The summed E-state index contributed by atoms with van der Waals surface area (Å²) in [5.41, 5.74) is 6.58. The van der Waals surface area contributed by atoms with Crippen molar-refractivity contribution in [3.05, 3.63) is 23.8 Å². The fourth-order valence-electron chi connectivity index (χ4n) is 1.49. The van der Waals surface area contributed by atoms with Gasteiger partial charge in [0, 0.05) is 19.2 Å². The van der Waals surface area contributed by atoms with E-state index in [0.29, 0.717) is 44.5 Å². The first-order valence-electron chi connectivity index (χ1n) is 5.89. The summed E-state index contributed by atoms with van der Waals surface area (Å²) in [7, 11) is 3.25. The van der Waals surface area contributed by atoms with Gasteiger partial charge in [-0.15, -0.1) is 0 Å². The van der Waals surface area contributed by atoms with Gasteiger partial charge in [0.05, 0.1) is 26.9 Å². The lowest BCUT2D eigenvalue weighted by Gasteiger charge is -2.14. The molecule has 0 atom stereocenters. The van der Waals surface area contributed by atoms with Crippen LogP contribution in [0, 0.1) is 0 Å². The molecule has 5 nitrogen and oxygen atoms in total. The minimum Gasteiger partial charge on any atom is -0.493 e. The molecule has 0 saturated heterocycles. The normalized spacial score (nSPS) is 10.4. The molecule has 0 amide bonds. The third-order valence-electron chi connectivity index (χ3n) is 2.41. The third-order valence-corrected chi connectivity index (χ3v) is 2.41. The standard InChI is InChI=1S/C13H21NO4/c1-15-6-7-17-8-9-18-13-11(10-14)4-3-5-12(13)16-2/h3-5H,6-10,14H2,1-2H3. The first-order valence-corrected chi connectivity index (χ1v) is 5.89. The predicted octanol–water partition coefficient (Wildman–Crippen LogP) is 1.20. The van der Waals surface area contributed by atoms with Crippen molar-refractivity contribution in [1.29, 1.82) is 0 Å². The van der Waals surface area contributed by atoms with Crippen LogP contribution in [0.4, 0.5) is 0 Å². The van der Waals surface area contributed by atoms with E-state index in [0.717, 1.165) is 5.56 Å². The Morgan fingerprint density at radius 2 is 1.83 bits per heavy atom. The molecule has 0 radical (unpaired) electrons. The SMILES string of the molecule is COCCOCCOc1c(CN)cccc1OC. The zero-order valence-electron chi connectivity index (χ0n) is 11.0. The number of nitrogens with two attached hydrogens (primary N) is 1. The fraction of sp³-hybridized carbons (Fsp3) is 0.538. The summed E-state index contributed by atoms with van der Waals surface area (Å²) in [5, 5.41) is 0. The number of benzene rings is 1. The van der Waals surface area contributed by atoms with Gasteiger partial charge in [-0.3, -0.25) is 0 Å². The summed E-state index contributed by atoms with van der Waals surface area (Å²) in [6.45, 7) is 2.53. The molecule has 18 heavy (non-hydrogen) atoms. The molecule has 0 fully saturated rings. The lowest BCUT2D eigenvalue weighted by molar-refractivity contribution is 0.0538. The molecular formula is C13H21NO4. The highest BCUT2D eigenvalue weighted by molar-refractivity contribution is 5.46. The van der Waals surface area contributed by atoms with Gasteiger partial charge in [0.1, 0.15) is 6.61 Å². The zero-order valence-corrected chi connectivity index (χ0v) is 11.0. The fourth-order valence-corrected chi connectivity index (χ4v) is 1.49. The number of ether oxygens (including phenoxy) is 4. The van der Waals surface area contributed by atoms with Crippen LogP contribution < -0.4 is 15.2 Å². The third kappa shape index (κ3) is 4.52. The number of rotatable bonds is 9. The highest BCUT2D eigenvalue weighted by Gasteiger charge is 2.08. The Balaban J connectivity index is 2.45. The molecule has 5 heteroatoms. The zero-order chi connectivity index (χ0) is 13.2. The molecule has 102 valence electrons. The average Bonchev–Trinajstić information content (AvgIpc) is 2.42. The van der Waals surface area contributed by atoms with Gasteiger partial charge in [-0.05, 0) is 6.07 Å². The van der Waals surface area contributed by atoms with E-state index >= 15 is 0 Å². The van der Waals surface area contributed by atoms with Crippen molar-refractivity contribution in [3.63, 3.8) is 0 Å². The Hall–Kier alpha value is -1.30. The Kier molecular flexibility index (Phi) is 7.17. The summed E-state index contributed by atoms with van der Waals surface area (Å²) >= 11 is 0. The van der Waals surface area contributed by atoms with E-state index in [1.165, 1.54) is 0 Å². The molecule has 0 aliphatic carbocycles. The average molecular weight is 255 g/mol. The first kappa shape index (κ1) is 14.8. The number of hydrogen-bond donors (Lipinski definition) is 1. The van der Waals surface area contributed by atoms with Crippen molar-refractivity contribution < 1.29 is 18.9 Å². The second-order valence-electron chi connectivity index (χ2n) is 3.61. The Morgan fingerprint density at radius 1 is 1.06 bits per heavy atom. The van der Waals surface area contributed by atoms with Crippen molar-refractivity contribution in [2.75, 3.05) is 40.6 Å². The van der Waals surface area contributed by atoms with E-state index < -0.39 is 0 Å². The van der Waals surface area contributed by atoms with E-state index in [2.05, 4.69) is 0 Å². The van der Waals surface area contributed by atoms with Gasteiger partial charge in [-0.2, -0.15) is 0 Å².